The Kier molecular flexibility index (Phi) is 3.39. The molecular formula is C12H12N4O3S. The molecule has 0 spiro atoms. The van der Waals surface area contributed by atoms with Crippen LogP contribution in [0.2, 0.25) is 0 Å². The van der Waals surface area contributed by atoms with Crippen molar-refractivity contribution in [2.24, 2.45) is 0 Å². The van der Waals surface area contributed by atoms with E-state index in [1.807, 2.05) is 6.92 Å². The van der Waals surface area contributed by atoms with E-state index in [9.17, 15) is 10.1 Å². The summed E-state index contributed by atoms with van der Waals surface area (Å²) in [5.41, 5.74) is -0.00807. The standard InChI is InChI=1S/C12H12N4O3S/c1-7(11-14-10(15-19-11)8-4-5-8)20-12-9(16(17)18)3-2-6-13-12/h2-3,6-8H,4-5H2,1H3. The number of hydrogen-bond acceptors (Lipinski definition) is 7. The lowest BCUT2D eigenvalue weighted by molar-refractivity contribution is -0.388. The third-order valence-corrected chi connectivity index (χ3v) is 4.08. The lowest BCUT2D eigenvalue weighted by atomic mass is 10.4. The quantitative estimate of drug-likeness (QED) is 0.474. The molecule has 1 atom stereocenters. The minimum Gasteiger partial charge on any atom is -0.338 e. The lowest BCUT2D eigenvalue weighted by Crippen LogP contribution is -1.96. The van der Waals surface area contributed by atoms with Gasteiger partial charge >= 0.3 is 5.69 Å². The number of aromatic nitrogens is 3. The molecule has 20 heavy (non-hydrogen) atoms. The molecule has 2 aromatic heterocycles. The summed E-state index contributed by atoms with van der Waals surface area (Å²) in [5, 5.41) is 15.1. The summed E-state index contributed by atoms with van der Waals surface area (Å²) in [6.07, 6.45) is 3.74. The molecule has 1 saturated carbocycles. The van der Waals surface area contributed by atoms with Gasteiger partial charge in [-0.05, 0) is 25.8 Å². The first-order chi connectivity index (χ1) is 9.65. The van der Waals surface area contributed by atoms with Crippen molar-refractivity contribution in [1.82, 2.24) is 15.1 Å². The summed E-state index contributed by atoms with van der Waals surface area (Å²) in [4.78, 5) is 18.9. The normalized spacial score (nSPS) is 16.1. The largest absolute Gasteiger partial charge is 0.338 e. The van der Waals surface area contributed by atoms with Gasteiger partial charge in [-0.2, -0.15) is 4.98 Å². The highest BCUT2D eigenvalue weighted by atomic mass is 32.2. The number of hydrogen-bond donors (Lipinski definition) is 0. The Balaban J connectivity index is 1.77. The highest BCUT2D eigenvalue weighted by Crippen LogP contribution is 2.41. The van der Waals surface area contributed by atoms with Crippen molar-refractivity contribution in [2.75, 3.05) is 0 Å². The van der Waals surface area contributed by atoms with Gasteiger partial charge in [0.1, 0.15) is 0 Å². The second kappa shape index (κ2) is 5.20. The molecular weight excluding hydrogens is 280 g/mol. The van der Waals surface area contributed by atoms with Crippen LogP contribution < -0.4 is 0 Å². The van der Waals surface area contributed by atoms with Crippen LogP contribution >= 0.6 is 11.8 Å². The summed E-state index contributed by atoms with van der Waals surface area (Å²) in [6.45, 7) is 1.87. The van der Waals surface area contributed by atoms with Gasteiger partial charge < -0.3 is 4.52 Å². The van der Waals surface area contributed by atoms with E-state index in [4.69, 9.17) is 4.52 Å². The molecule has 0 bridgehead atoms. The summed E-state index contributed by atoms with van der Waals surface area (Å²) >= 11 is 1.25. The third kappa shape index (κ3) is 2.64. The first-order valence-corrected chi connectivity index (χ1v) is 7.12. The molecule has 104 valence electrons. The zero-order chi connectivity index (χ0) is 14.1. The third-order valence-electron chi connectivity index (χ3n) is 2.98. The van der Waals surface area contributed by atoms with Crippen LogP contribution in [-0.4, -0.2) is 20.0 Å². The van der Waals surface area contributed by atoms with Gasteiger partial charge in [-0.3, -0.25) is 10.1 Å². The Hall–Kier alpha value is -1.96. The van der Waals surface area contributed by atoms with Crippen LogP contribution in [0.3, 0.4) is 0 Å². The second-order valence-electron chi connectivity index (χ2n) is 4.61. The van der Waals surface area contributed by atoms with Crippen LogP contribution in [0.15, 0.2) is 27.9 Å². The Morgan fingerprint density at radius 1 is 1.55 bits per heavy atom. The van der Waals surface area contributed by atoms with E-state index < -0.39 is 4.92 Å². The highest BCUT2D eigenvalue weighted by molar-refractivity contribution is 7.99. The van der Waals surface area contributed by atoms with Crippen LogP contribution in [0.4, 0.5) is 5.69 Å². The molecule has 0 amide bonds. The first kappa shape index (κ1) is 13.0. The molecule has 1 unspecified atom stereocenters. The summed E-state index contributed by atoms with van der Waals surface area (Å²) in [5.74, 6) is 1.65. The Morgan fingerprint density at radius 2 is 2.35 bits per heavy atom. The van der Waals surface area contributed by atoms with Crippen molar-refractivity contribution in [1.29, 1.82) is 0 Å². The Morgan fingerprint density at radius 3 is 3.05 bits per heavy atom. The van der Waals surface area contributed by atoms with E-state index in [0.717, 1.165) is 18.7 Å². The maximum Gasteiger partial charge on any atom is 0.301 e. The van der Waals surface area contributed by atoms with Crippen LogP contribution in [0.1, 0.15) is 42.6 Å². The van der Waals surface area contributed by atoms with E-state index >= 15 is 0 Å². The van der Waals surface area contributed by atoms with E-state index in [-0.39, 0.29) is 10.9 Å². The summed E-state index contributed by atoms with van der Waals surface area (Å²) < 4.78 is 5.22. The fraction of sp³-hybridized carbons (Fsp3) is 0.417. The van der Waals surface area contributed by atoms with Gasteiger partial charge in [-0.15, -0.1) is 0 Å². The average Bonchev–Trinajstić information content (AvgIpc) is 3.16. The molecule has 0 aromatic carbocycles. The van der Waals surface area contributed by atoms with Gasteiger partial charge in [0.05, 0.1) is 10.2 Å². The maximum atomic E-state index is 10.9. The number of nitro groups is 1. The van der Waals surface area contributed by atoms with Crippen molar-refractivity contribution in [3.05, 3.63) is 40.2 Å². The van der Waals surface area contributed by atoms with Gasteiger partial charge in [-0.25, -0.2) is 4.98 Å². The average molecular weight is 292 g/mol. The van der Waals surface area contributed by atoms with Crippen molar-refractivity contribution >= 4 is 17.4 Å². The minimum atomic E-state index is -0.439. The van der Waals surface area contributed by atoms with E-state index in [1.54, 1.807) is 6.07 Å². The topological polar surface area (TPSA) is 95.0 Å². The van der Waals surface area contributed by atoms with Crippen molar-refractivity contribution < 1.29 is 9.45 Å². The minimum absolute atomic E-state index is 0.00807. The molecule has 0 aliphatic heterocycles. The summed E-state index contributed by atoms with van der Waals surface area (Å²) in [7, 11) is 0. The van der Waals surface area contributed by atoms with Crippen molar-refractivity contribution in [3.63, 3.8) is 0 Å². The molecule has 8 heteroatoms. The Bertz CT molecular complexity index is 641. The predicted molar refractivity (Wildman–Crippen MR) is 71.4 cm³/mol. The predicted octanol–water partition coefficient (Wildman–Crippen LogP) is 3.10. The molecule has 7 nitrogen and oxygen atoms in total. The molecule has 2 heterocycles. The van der Waals surface area contributed by atoms with Crippen molar-refractivity contribution in [3.8, 4) is 0 Å². The second-order valence-corrected chi connectivity index (χ2v) is 5.94. The Labute approximate surface area is 118 Å². The molecule has 2 aromatic rings. The zero-order valence-corrected chi connectivity index (χ0v) is 11.5. The monoisotopic (exact) mass is 292 g/mol. The fourth-order valence-corrected chi connectivity index (χ4v) is 2.67. The van der Waals surface area contributed by atoms with Gasteiger partial charge in [0.2, 0.25) is 5.89 Å². The van der Waals surface area contributed by atoms with E-state index in [2.05, 4.69) is 15.1 Å². The summed E-state index contributed by atoms with van der Waals surface area (Å²) in [6, 6.07) is 2.98. The molecule has 1 aliphatic rings. The molecule has 0 radical (unpaired) electrons. The molecule has 0 saturated heterocycles. The number of thioether (sulfide) groups is 1. The number of rotatable bonds is 5. The van der Waals surface area contributed by atoms with Gasteiger partial charge in [0, 0.05) is 18.2 Å². The SMILES string of the molecule is CC(Sc1ncccc1[N+](=O)[O-])c1nc(C2CC2)no1. The van der Waals surface area contributed by atoms with Gasteiger partial charge in [-0.1, -0.05) is 16.9 Å². The maximum absolute atomic E-state index is 10.9. The van der Waals surface area contributed by atoms with E-state index in [1.165, 1.54) is 24.0 Å². The molecule has 3 rings (SSSR count). The lowest BCUT2D eigenvalue weighted by Gasteiger charge is -2.05. The van der Waals surface area contributed by atoms with Crippen LogP contribution in [0.5, 0.6) is 0 Å². The van der Waals surface area contributed by atoms with Crippen LogP contribution in [-0.2, 0) is 0 Å². The number of nitrogens with zero attached hydrogens (tertiary/aromatic N) is 4. The fourth-order valence-electron chi connectivity index (χ4n) is 1.75. The highest BCUT2D eigenvalue weighted by Gasteiger charge is 2.30. The molecule has 0 N–H and O–H groups in total. The smallest absolute Gasteiger partial charge is 0.301 e. The van der Waals surface area contributed by atoms with Crippen LogP contribution in [0.25, 0.3) is 0 Å². The molecule has 1 aliphatic carbocycles. The molecule has 1 fully saturated rings. The van der Waals surface area contributed by atoms with Gasteiger partial charge in [0.25, 0.3) is 0 Å². The van der Waals surface area contributed by atoms with E-state index in [0.29, 0.717) is 16.8 Å². The van der Waals surface area contributed by atoms with Crippen LogP contribution in [0, 0.1) is 10.1 Å². The number of pyridine rings is 1. The van der Waals surface area contributed by atoms with Gasteiger partial charge in [0.15, 0.2) is 10.9 Å². The van der Waals surface area contributed by atoms with Crippen molar-refractivity contribution in [2.45, 2.75) is 36.0 Å². The first-order valence-electron chi connectivity index (χ1n) is 6.24. The zero-order valence-electron chi connectivity index (χ0n) is 10.7.